The molecule has 2 N–H and O–H groups in total. The highest BCUT2D eigenvalue weighted by atomic mass is 31.2. The van der Waals surface area contributed by atoms with E-state index in [0.29, 0.717) is 5.71 Å². The second-order valence-electron chi connectivity index (χ2n) is 12.5. The summed E-state index contributed by atoms with van der Waals surface area (Å²) in [5.74, 6) is 0. The Morgan fingerprint density at radius 1 is 0.431 bits per heavy atom. The lowest BCUT2D eigenvalue weighted by Crippen LogP contribution is -2.25. The summed E-state index contributed by atoms with van der Waals surface area (Å²) >= 11 is 0. The molecule has 0 aliphatic carbocycles. The van der Waals surface area contributed by atoms with E-state index < -0.39 is 7.14 Å². The highest BCUT2D eigenvalue weighted by Crippen LogP contribution is 2.45. The van der Waals surface area contributed by atoms with Crippen LogP contribution in [0.15, 0.2) is 200 Å². The van der Waals surface area contributed by atoms with Gasteiger partial charge in [0.2, 0.25) is 0 Å². The third kappa shape index (κ3) is 5.99. The molecule has 0 atom stereocenters. The molecule has 0 saturated heterocycles. The zero-order valence-electron chi connectivity index (χ0n) is 27.9. The Bertz CT molecular complexity index is 2390. The van der Waals surface area contributed by atoms with Crippen molar-refractivity contribution in [1.29, 1.82) is 5.41 Å². The van der Waals surface area contributed by atoms with Crippen molar-refractivity contribution in [2.45, 2.75) is 0 Å². The third-order valence-corrected chi connectivity index (χ3v) is 12.5. The number of rotatable bonds is 8. The van der Waals surface area contributed by atoms with Gasteiger partial charge in [-0.2, -0.15) is 0 Å². The zero-order valence-corrected chi connectivity index (χ0v) is 28.8. The average Bonchev–Trinajstić information content (AvgIpc) is 3.22. The molecule has 7 aromatic carbocycles. The number of allylic oxidation sites excluding steroid dienone is 1. The minimum atomic E-state index is -3.14. The van der Waals surface area contributed by atoms with Crippen molar-refractivity contribution >= 4 is 51.3 Å². The first-order valence-corrected chi connectivity index (χ1v) is 18.8. The molecule has 0 fully saturated rings. The molecule has 0 radical (unpaired) electrons. The molecular weight excluding hydrogens is 640 g/mol. The van der Waals surface area contributed by atoms with Crippen LogP contribution in [0.25, 0.3) is 22.5 Å². The van der Waals surface area contributed by atoms with Gasteiger partial charge in [-0.15, -0.1) is 0 Å². The van der Waals surface area contributed by atoms with Crippen LogP contribution in [0.3, 0.4) is 0 Å². The minimum absolute atomic E-state index is 0.442. The number of hydrogen-bond donors (Lipinski definition) is 2. The van der Waals surface area contributed by atoms with Crippen molar-refractivity contribution in [3.63, 3.8) is 0 Å². The predicted molar refractivity (Wildman–Crippen MR) is 214 cm³/mol. The van der Waals surface area contributed by atoms with Crippen LogP contribution in [0.1, 0.15) is 33.4 Å². The molecule has 7 aromatic rings. The molecule has 3 nitrogen and oxygen atoms in total. The van der Waals surface area contributed by atoms with E-state index in [4.69, 9.17) is 0 Å². The van der Waals surface area contributed by atoms with Crippen LogP contribution in [-0.2, 0) is 4.57 Å². The van der Waals surface area contributed by atoms with Crippen LogP contribution >= 0.6 is 7.14 Å². The zero-order chi connectivity index (χ0) is 34.6. The van der Waals surface area contributed by atoms with Crippen molar-refractivity contribution in [3.8, 4) is 0 Å². The maximum Gasteiger partial charge on any atom is 0.171 e. The van der Waals surface area contributed by atoms with Gasteiger partial charge in [0, 0.05) is 38.2 Å². The van der Waals surface area contributed by atoms with Gasteiger partial charge in [-0.05, 0) is 22.3 Å². The lowest BCUT2D eigenvalue weighted by molar-refractivity contribution is 0.592. The second-order valence-corrected chi connectivity index (χ2v) is 15.2. The molecule has 244 valence electrons. The molecule has 0 bridgehead atoms. The van der Waals surface area contributed by atoms with Gasteiger partial charge in [0.1, 0.15) is 0 Å². The number of benzene rings is 7. The Balaban J connectivity index is 1.35. The van der Waals surface area contributed by atoms with E-state index in [1.165, 1.54) is 0 Å². The molecule has 4 heteroatoms. The quantitative estimate of drug-likeness (QED) is 0.125. The molecule has 1 heterocycles. The number of nitrogens with one attached hydrogen (secondary N) is 2. The smallest absolute Gasteiger partial charge is 0.171 e. The molecular formula is C47H35N2OP. The summed E-state index contributed by atoms with van der Waals surface area (Å²) < 4.78 is 15.2. The summed E-state index contributed by atoms with van der Waals surface area (Å²) in [5, 5.41) is 15.9. The summed E-state index contributed by atoms with van der Waals surface area (Å²) in [6.45, 7) is 0. The van der Waals surface area contributed by atoms with Gasteiger partial charge in [0.25, 0.3) is 0 Å². The summed E-state index contributed by atoms with van der Waals surface area (Å²) in [7, 11) is -3.14. The maximum absolute atomic E-state index is 15.2. The highest BCUT2D eigenvalue weighted by molar-refractivity contribution is 7.85. The SMILES string of the molecule is N=C(/C(=C1\NC(c2ccccc2)=C(c2ccc(P(=O)(c3ccccc3)c3ccccc3)cc2)c2ccccc21)c1ccccc1)c1ccccc1. The van der Waals surface area contributed by atoms with Gasteiger partial charge in [0.15, 0.2) is 7.14 Å². The van der Waals surface area contributed by atoms with Crippen molar-refractivity contribution < 1.29 is 4.57 Å². The summed E-state index contributed by atoms with van der Waals surface area (Å²) in [6.07, 6.45) is 0. The first-order chi connectivity index (χ1) is 25.1. The Hall–Kier alpha value is -6.28. The molecule has 0 spiro atoms. The Kier molecular flexibility index (Phi) is 8.72. The van der Waals surface area contributed by atoms with Gasteiger partial charge < -0.3 is 9.88 Å². The Labute approximate surface area is 299 Å². The molecule has 0 amide bonds. The summed E-state index contributed by atoms with van der Waals surface area (Å²) in [6, 6.07) is 66.7. The molecule has 1 aliphatic rings. The van der Waals surface area contributed by atoms with Gasteiger partial charge in [0.05, 0.1) is 17.1 Å². The molecule has 0 aromatic heterocycles. The fourth-order valence-corrected chi connectivity index (χ4v) is 9.60. The van der Waals surface area contributed by atoms with Crippen molar-refractivity contribution in [3.05, 3.63) is 234 Å². The van der Waals surface area contributed by atoms with Crippen molar-refractivity contribution in [2.24, 2.45) is 0 Å². The van der Waals surface area contributed by atoms with Crippen molar-refractivity contribution in [1.82, 2.24) is 5.32 Å². The van der Waals surface area contributed by atoms with Crippen LogP contribution in [0.4, 0.5) is 0 Å². The van der Waals surface area contributed by atoms with Crippen LogP contribution < -0.4 is 21.2 Å². The normalized spacial score (nSPS) is 13.6. The summed E-state index contributed by atoms with van der Waals surface area (Å²) in [4.78, 5) is 0. The van der Waals surface area contributed by atoms with E-state index in [2.05, 4.69) is 78.1 Å². The van der Waals surface area contributed by atoms with E-state index in [1.54, 1.807) is 0 Å². The lowest BCUT2D eigenvalue weighted by Gasteiger charge is -2.30. The molecule has 0 saturated carbocycles. The molecule has 0 unspecified atom stereocenters. The average molecular weight is 675 g/mol. The lowest BCUT2D eigenvalue weighted by atomic mass is 9.83. The van der Waals surface area contributed by atoms with E-state index in [0.717, 1.165) is 71.8 Å². The van der Waals surface area contributed by atoms with Crippen molar-refractivity contribution in [2.75, 3.05) is 0 Å². The van der Waals surface area contributed by atoms with Crippen LogP contribution in [0.2, 0.25) is 0 Å². The largest absolute Gasteiger partial charge is 0.353 e. The topological polar surface area (TPSA) is 53.0 Å². The Morgan fingerprint density at radius 2 is 0.863 bits per heavy atom. The van der Waals surface area contributed by atoms with Gasteiger partial charge >= 0.3 is 0 Å². The number of hydrogen-bond acceptors (Lipinski definition) is 3. The van der Waals surface area contributed by atoms with E-state index in [-0.39, 0.29) is 0 Å². The van der Waals surface area contributed by atoms with E-state index in [9.17, 15) is 5.41 Å². The van der Waals surface area contributed by atoms with E-state index >= 15 is 4.57 Å². The van der Waals surface area contributed by atoms with Crippen LogP contribution in [-0.4, -0.2) is 5.71 Å². The molecule has 8 rings (SSSR count). The van der Waals surface area contributed by atoms with Gasteiger partial charge in [-0.25, -0.2) is 0 Å². The van der Waals surface area contributed by atoms with Gasteiger partial charge in [-0.1, -0.05) is 200 Å². The van der Waals surface area contributed by atoms with Gasteiger partial charge in [-0.3, -0.25) is 5.41 Å². The fourth-order valence-electron chi connectivity index (χ4n) is 6.96. The van der Waals surface area contributed by atoms with Crippen LogP contribution in [0, 0.1) is 5.41 Å². The monoisotopic (exact) mass is 674 g/mol. The minimum Gasteiger partial charge on any atom is -0.353 e. The molecule has 1 aliphatic heterocycles. The Morgan fingerprint density at radius 3 is 1.41 bits per heavy atom. The van der Waals surface area contributed by atoms with E-state index in [1.807, 2.05) is 127 Å². The maximum atomic E-state index is 15.2. The highest BCUT2D eigenvalue weighted by Gasteiger charge is 2.31. The standard InChI is InChI=1S/C47H35N2OP/c48-45(36-20-8-2-9-21-36)44(34-18-6-1-7-19-34)47-42-29-17-16-28-41(42)43(46(49-47)37-22-10-3-11-23-37)35-30-32-40(33-31-35)51(50,38-24-12-4-13-25-38)39-26-14-5-15-27-39/h1-33,48-49H/b47-44-,48-45?. The first-order valence-electron chi connectivity index (χ1n) is 17.1. The van der Waals surface area contributed by atoms with Crippen LogP contribution in [0.5, 0.6) is 0 Å². The third-order valence-electron chi connectivity index (χ3n) is 9.41. The number of fused-ring (bicyclic) bond motifs is 1. The molecule has 51 heavy (non-hydrogen) atoms. The summed E-state index contributed by atoms with van der Waals surface area (Å²) in [5.41, 5.74) is 10.0. The second kappa shape index (κ2) is 13.9. The first kappa shape index (κ1) is 32.0. The predicted octanol–water partition coefficient (Wildman–Crippen LogP) is 9.78. The fraction of sp³-hybridized carbons (Fsp3) is 0.